The van der Waals surface area contributed by atoms with Gasteiger partial charge in [-0.15, -0.1) is 0 Å². The van der Waals surface area contributed by atoms with Crippen LogP contribution in [0.15, 0.2) is 206 Å². The molecule has 0 fully saturated rings. The average Bonchev–Trinajstić information content (AvgIpc) is 3.56. The predicted octanol–water partition coefficient (Wildman–Crippen LogP) is 17.1. The Kier molecular flexibility index (Phi) is 7.17. The molecule has 0 heterocycles. The molecule has 0 atom stereocenters. The van der Waals surface area contributed by atoms with Crippen LogP contribution in [0.3, 0.4) is 0 Å². The smallest absolute Gasteiger partial charge is 0.0165 e. The molecule has 12 aromatic rings. The lowest BCUT2D eigenvalue weighted by Crippen LogP contribution is -2.15. The van der Waals surface area contributed by atoms with Gasteiger partial charge >= 0.3 is 0 Å². The molecule has 0 bridgehead atoms. The van der Waals surface area contributed by atoms with E-state index in [2.05, 4.69) is 220 Å². The van der Waals surface area contributed by atoms with Gasteiger partial charge in [0.15, 0.2) is 0 Å². The third-order valence-electron chi connectivity index (χ3n) is 14.0. The lowest BCUT2D eigenvalue weighted by Gasteiger charge is -2.24. The van der Waals surface area contributed by atoms with Crippen LogP contribution in [0.25, 0.3) is 120 Å². The minimum Gasteiger partial charge on any atom is -0.0616 e. The molecule has 1 aliphatic rings. The predicted molar refractivity (Wildman–Crippen MR) is 263 cm³/mol. The number of hydrogen-bond acceptors (Lipinski definition) is 0. The largest absolute Gasteiger partial charge is 0.0616 e. The van der Waals surface area contributed by atoms with Crippen molar-refractivity contribution >= 4 is 75.4 Å². The first-order valence-corrected chi connectivity index (χ1v) is 21.5. The van der Waals surface area contributed by atoms with Gasteiger partial charge in [-0.25, -0.2) is 0 Å². The van der Waals surface area contributed by atoms with Crippen LogP contribution >= 0.6 is 0 Å². The third-order valence-corrected chi connectivity index (χ3v) is 14.0. The van der Waals surface area contributed by atoms with E-state index in [1.54, 1.807) is 0 Å². The summed E-state index contributed by atoms with van der Waals surface area (Å²) in [6, 6.07) is 77.3. The Balaban J connectivity index is 1.01. The molecule has 0 saturated carbocycles. The van der Waals surface area contributed by atoms with E-state index in [9.17, 15) is 0 Å². The van der Waals surface area contributed by atoms with Crippen molar-refractivity contribution < 1.29 is 0 Å². The molecule has 0 amide bonds. The quantitative estimate of drug-likeness (QED) is 0.124. The average molecular weight is 773 g/mol. The molecule has 0 saturated heterocycles. The van der Waals surface area contributed by atoms with Crippen molar-refractivity contribution in [3.8, 4) is 44.5 Å². The van der Waals surface area contributed by atoms with Gasteiger partial charge in [-0.1, -0.05) is 208 Å². The second kappa shape index (κ2) is 12.7. The molecule has 0 aliphatic heterocycles. The highest BCUT2D eigenvalue weighted by Gasteiger charge is 2.39. The molecule has 61 heavy (non-hydrogen) atoms. The molecule has 0 N–H and O–H groups in total. The fourth-order valence-electron chi connectivity index (χ4n) is 11.3. The van der Waals surface area contributed by atoms with E-state index in [1.807, 2.05) is 0 Å². The van der Waals surface area contributed by atoms with Gasteiger partial charge in [0, 0.05) is 5.41 Å². The lowest BCUT2D eigenvalue weighted by molar-refractivity contribution is 0.666. The van der Waals surface area contributed by atoms with Crippen LogP contribution in [0, 0.1) is 0 Å². The first-order valence-electron chi connectivity index (χ1n) is 21.5. The standard InChI is InChI=1S/C61H40/c1-61(2)55-28-14-25-42(58(55)59-48-19-7-5-17-43(48)44-18-6-12-24-53(44)60(59)61)37-29-31-38(32-30-37)56-49-20-8-10-22-51(49)57(52-23-11-9-21-50(52)56)47-27-13-26-45-46(47)34-33-41-35-39-15-3-4-16-40(39)36-54(41)45/h3-36H,1-2H3. The van der Waals surface area contributed by atoms with Crippen molar-refractivity contribution in [3.05, 3.63) is 217 Å². The van der Waals surface area contributed by atoms with Crippen LogP contribution in [0.1, 0.15) is 25.0 Å². The maximum atomic E-state index is 2.41. The Labute approximate surface area is 355 Å². The van der Waals surface area contributed by atoms with Crippen LogP contribution in [0.4, 0.5) is 0 Å². The summed E-state index contributed by atoms with van der Waals surface area (Å²) >= 11 is 0. The summed E-state index contributed by atoms with van der Waals surface area (Å²) in [7, 11) is 0. The van der Waals surface area contributed by atoms with E-state index in [-0.39, 0.29) is 5.41 Å². The highest BCUT2D eigenvalue weighted by atomic mass is 14.4. The first kappa shape index (κ1) is 34.3. The molecule has 13 rings (SSSR count). The molecule has 0 spiro atoms. The monoisotopic (exact) mass is 772 g/mol. The highest BCUT2D eigenvalue weighted by Crippen LogP contribution is 2.57. The van der Waals surface area contributed by atoms with E-state index < -0.39 is 0 Å². The van der Waals surface area contributed by atoms with E-state index in [4.69, 9.17) is 0 Å². The van der Waals surface area contributed by atoms with Crippen molar-refractivity contribution in [1.29, 1.82) is 0 Å². The summed E-state index contributed by atoms with van der Waals surface area (Å²) < 4.78 is 0. The Bertz CT molecular complexity index is 3770. The maximum absolute atomic E-state index is 2.41. The van der Waals surface area contributed by atoms with Gasteiger partial charge in [0.2, 0.25) is 0 Å². The Morgan fingerprint density at radius 2 is 0.738 bits per heavy atom. The zero-order chi connectivity index (χ0) is 40.4. The minimum atomic E-state index is -0.143. The third kappa shape index (κ3) is 4.82. The Morgan fingerprint density at radius 3 is 1.41 bits per heavy atom. The molecule has 284 valence electrons. The van der Waals surface area contributed by atoms with Crippen molar-refractivity contribution in [2.45, 2.75) is 19.3 Å². The molecule has 0 nitrogen and oxygen atoms in total. The Morgan fingerprint density at radius 1 is 0.262 bits per heavy atom. The molecular weight excluding hydrogens is 733 g/mol. The zero-order valence-corrected chi connectivity index (χ0v) is 34.1. The molecule has 0 aromatic heterocycles. The highest BCUT2D eigenvalue weighted by molar-refractivity contribution is 6.25. The molecule has 1 aliphatic carbocycles. The van der Waals surface area contributed by atoms with Gasteiger partial charge in [-0.2, -0.15) is 0 Å². The molecule has 0 radical (unpaired) electrons. The molecule has 0 heteroatoms. The van der Waals surface area contributed by atoms with E-state index in [1.165, 1.54) is 131 Å². The Hall–Kier alpha value is -7.54. The van der Waals surface area contributed by atoms with Crippen molar-refractivity contribution in [2.75, 3.05) is 0 Å². The summed E-state index contributed by atoms with van der Waals surface area (Å²) in [4.78, 5) is 0. The topological polar surface area (TPSA) is 0 Å². The van der Waals surface area contributed by atoms with Crippen molar-refractivity contribution in [1.82, 2.24) is 0 Å². The van der Waals surface area contributed by atoms with E-state index in [0.29, 0.717) is 0 Å². The number of rotatable bonds is 3. The fourth-order valence-corrected chi connectivity index (χ4v) is 11.3. The van der Waals surface area contributed by atoms with Gasteiger partial charge in [-0.05, 0) is 143 Å². The van der Waals surface area contributed by atoms with Crippen molar-refractivity contribution in [2.24, 2.45) is 0 Å². The zero-order valence-electron chi connectivity index (χ0n) is 34.1. The summed E-state index contributed by atoms with van der Waals surface area (Å²) in [6.07, 6.45) is 0. The summed E-state index contributed by atoms with van der Waals surface area (Å²) in [5.41, 5.74) is 13.0. The van der Waals surface area contributed by atoms with Gasteiger partial charge in [0.25, 0.3) is 0 Å². The number of benzene rings is 12. The summed E-state index contributed by atoms with van der Waals surface area (Å²) in [5.74, 6) is 0. The van der Waals surface area contributed by atoms with Gasteiger partial charge in [0.05, 0.1) is 0 Å². The number of hydrogen-bond donors (Lipinski definition) is 0. The second-order valence-corrected chi connectivity index (χ2v) is 17.5. The normalized spacial score (nSPS) is 13.2. The van der Waals surface area contributed by atoms with Crippen molar-refractivity contribution in [3.63, 3.8) is 0 Å². The molecular formula is C61H40. The summed E-state index contributed by atoms with van der Waals surface area (Å²) in [5, 5.41) is 18.1. The van der Waals surface area contributed by atoms with Gasteiger partial charge in [-0.3, -0.25) is 0 Å². The van der Waals surface area contributed by atoms with Gasteiger partial charge < -0.3 is 0 Å². The first-order chi connectivity index (χ1) is 30.0. The minimum absolute atomic E-state index is 0.143. The van der Waals surface area contributed by atoms with Crippen LogP contribution in [0.2, 0.25) is 0 Å². The molecule has 12 aromatic carbocycles. The number of fused-ring (bicyclic) bond motifs is 14. The van der Waals surface area contributed by atoms with Crippen LogP contribution in [0.5, 0.6) is 0 Å². The second-order valence-electron chi connectivity index (χ2n) is 17.5. The fraction of sp³-hybridized carbons (Fsp3) is 0.0492. The van der Waals surface area contributed by atoms with Crippen LogP contribution in [-0.4, -0.2) is 0 Å². The molecule has 0 unspecified atom stereocenters. The van der Waals surface area contributed by atoms with Crippen LogP contribution < -0.4 is 0 Å². The summed E-state index contributed by atoms with van der Waals surface area (Å²) in [6.45, 7) is 4.82. The van der Waals surface area contributed by atoms with E-state index >= 15 is 0 Å². The van der Waals surface area contributed by atoms with Crippen LogP contribution in [-0.2, 0) is 5.41 Å². The lowest BCUT2D eigenvalue weighted by atomic mass is 9.79. The maximum Gasteiger partial charge on any atom is 0.0165 e. The van der Waals surface area contributed by atoms with E-state index in [0.717, 1.165) is 0 Å². The van der Waals surface area contributed by atoms with Gasteiger partial charge in [0.1, 0.15) is 0 Å². The SMILES string of the molecule is CC1(C)c2cccc(-c3ccc(-c4c5ccccc5c(-c5cccc6c5ccc5cc7ccccc7cc56)c5ccccc45)cc3)c2-c2c1c1ccccc1c1ccccc21.